The highest BCUT2D eigenvalue weighted by Gasteiger charge is 2.45. The largest absolute Gasteiger partial charge is 0.466 e. The number of aromatic nitrogens is 4. The predicted octanol–water partition coefficient (Wildman–Crippen LogP) is 1.61. The summed E-state index contributed by atoms with van der Waals surface area (Å²) >= 11 is 0. The fourth-order valence-corrected chi connectivity index (χ4v) is 3.22. The van der Waals surface area contributed by atoms with Crippen molar-refractivity contribution in [3.05, 3.63) is 34.9 Å². The van der Waals surface area contributed by atoms with Gasteiger partial charge in [0.05, 0.1) is 24.8 Å². The van der Waals surface area contributed by atoms with Crippen LogP contribution in [0.5, 0.6) is 0 Å². The van der Waals surface area contributed by atoms with Gasteiger partial charge in [-0.2, -0.15) is 10.2 Å². The lowest BCUT2D eigenvalue weighted by Gasteiger charge is -2.21. The number of rotatable bonds is 7. The second-order valence-electron chi connectivity index (χ2n) is 7.24. The first-order valence-electron chi connectivity index (χ1n) is 9.26. The van der Waals surface area contributed by atoms with Gasteiger partial charge in [0.25, 0.3) is 5.91 Å². The van der Waals surface area contributed by atoms with E-state index in [0.717, 1.165) is 23.5 Å². The van der Waals surface area contributed by atoms with Crippen molar-refractivity contribution in [1.29, 1.82) is 0 Å². The molecule has 8 nitrogen and oxygen atoms in total. The lowest BCUT2D eigenvalue weighted by molar-refractivity contribution is -0.145. The Bertz CT molecular complexity index is 815. The van der Waals surface area contributed by atoms with E-state index in [-0.39, 0.29) is 23.7 Å². The van der Waals surface area contributed by atoms with Crippen LogP contribution < -0.4 is 0 Å². The summed E-state index contributed by atoms with van der Waals surface area (Å²) in [6, 6.07) is 3.76. The van der Waals surface area contributed by atoms with E-state index in [4.69, 9.17) is 4.74 Å². The molecule has 0 aromatic carbocycles. The monoisotopic (exact) mass is 373 g/mol. The normalized spacial score (nSPS) is 18.4. The van der Waals surface area contributed by atoms with Crippen molar-refractivity contribution in [3.8, 4) is 0 Å². The third kappa shape index (κ3) is 4.20. The lowest BCUT2D eigenvalue weighted by atomic mass is 10.2. The minimum Gasteiger partial charge on any atom is -0.466 e. The van der Waals surface area contributed by atoms with Gasteiger partial charge in [-0.3, -0.25) is 19.0 Å². The van der Waals surface area contributed by atoms with Crippen LogP contribution in [0.25, 0.3) is 0 Å². The van der Waals surface area contributed by atoms with E-state index in [9.17, 15) is 9.59 Å². The van der Waals surface area contributed by atoms with Crippen LogP contribution >= 0.6 is 0 Å². The zero-order valence-corrected chi connectivity index (χ0v) is 16.6. The molecule has 1 fully saturated rings. The Labute approximate surface area is 159 Å². The molecule has 0 N–H and O–H groups in total. The molecule has 1 saturated carbocycles. The maximum absolute atomic E-state index is 13.1. The number of carbonyl (C=O) groups excluding carboxylic acids is 2. The Kier molecular flexibility index (Phi) is 5.34. The summed E-state index contributed by atoms with van der Waals surface area (Å²) in [5.41, 5.74) is 3.19. The van der Waals surface area contributed by atoms with Crippen LogP contribution in [0.2, 0.25) is 0 Å². The highest BCUT2D eigenvalue weighted by atomic mass is 16.5. The Balaban J connectivity index is 1.76. The van der Waals surface area contributed by atoms with Crippen molar-refractivity contribution < 1.29 is 14.3 Å². The van der Waals surface area contributed by atoms with E-state index in [2.05, 4.69) is 10.2 Å². The van der Waals surface area contributed by atoms with Crippen molar-refractivity contribution in [3.63, 3.8) is 0 Å². The topological polar surface area (TPSA) is 82.3 Å². The maximum Gasteiger partial charge on any atom is 0.309 e. The molecule has 27 heavy (non-hydrogen) atoms. The van der Waals surface area contributed by atoms with Crippen molar-refractivity contribution >= 4 is 11.9 Å². The van der Waals surface area contributed by atoms with Gasteiger partial charge in [0.2, 0.25) is 0 Å². The fraction of sp³-hybridized carbons (Fsp3) is 0.579. The quantitative estimate of drug-likeness (QED) is 0.689. The summed E-state index contributed by atoms with van der Waals surface area (Å²) in [6.45, 7) is 6.95. The van der Waals surface area contributed by atoms with Gasteiger partial charge in [-0.1, -0.05) is 0 Å². The lowest BCUT2D eigenvalue weighted by Crippen LogP contribution is -2.33. The summed E-state index contributed by atoms with van der Waals surface area (Å²) in [7, 11) is 3.70. The zero-order valence-electron chi connectivity index (χ0n) is 16.6. The summed E-state index contributed by atoms with van der Waals surface area (Å²) < 4.78 is 8.59. The van der Waals surface area contributed by atoms with Crippen molar-refractivity contribution in [2.45, 2.75) is 33.7 Å². The molecule has 2 atom stereocenters. The molecule has 0 spiro atoms. The van der Waals surface area contributed by atoms with Gasteiger partial charge >= 0.3 is 5.97 Å². The first-order chi connectivity index (χ1) is 12.8. The molecule has 1 aliphatic rings. The Morgan fingerprint density at radius 1 is 1.19 bits per heavy atom. The number of hydrogen-bond acceptors (Lipinski definition) is 5. The summed E-state index contributed by atoms with van der Waals surface area (Å²) in [5, 5.41) is 8.78. The third-order valence-electron chi connectivity index (χ3n) is 5.10. The molecule has 2 aromatic rings. The highest BCUT2D eigenvalue weighted by Crippen LogP contribution is 2.40. The Morgan fingerprint density at radius 2 is 1.85 bits per heavy atom. The molecule has 1 amide bonds. The molecule has 0 bridgehead atoms. The Hall–Kier alpha value is -2.64. The van der Waals surface area contributed by atoms with Crippen LogP contribution in [0.4, 0.5) is 0 Å². The number of carbonyl (C=O) groups is 2. The van der Waals surface area contributed by atoms with Crippen LogP contribution in [0, 0.1) is 25.7 Å². The predicted molar refractivity (Wildman–Crippen MR) is 98.9 cm³/mol. The highest BCUT2D eigenvalue weighted by molar-refractivity contribution is 5.92. The average molecular weight is 373 g/mol. The number of hydrogen-bond donors (Lipinski definition) is 0. The molecule has 2 heterocycles. The van der Waals surface area contributed by atoms with E-state index in [1.807, 2.05) is 34.0 Å². The van der Waals surface area contributed by atoms with Gasteiger partial charge in [-0.15, -0.1) is 0 Å². The van der Waals surface area contributed by atoms with Crippen molar-refractivity contribution in [1.82, 2.24) is 24.5 Å². The van der Waals surface area contributed by atoms with Crippen LogP contribution in [-0.4, -0.2) is 49.5 Å². The van der Waals surface area contributed by atoms with Crippen LogP contribution in [0.1, 0.15) is 40.9 Å². The second kappa shape index (κ2) is 7.54. The molecule has 3 rings (SSSR count). The van der Waals surface area contributed by atoms with Crippen molar-refractivity contribution in [2.75, 3.05) is 13.2 Å². The third-order valence-corrected chi connectivity index (χ3v) is 5.10. The van der Waals surface area contributed by atoms with E-state index >= 15 is 0 Å². The molecule has 0 saturated heterocycles. The molecule has 0 unspecified atom stereocenters. The van der Waals surface area contributed by atoms with Gasteiger partial charge in [0.1, 0.15) is 0 Å². The number of amides is 1. The molecule has 0 aliphatic heterocycles. The minimum absolute atomic E-state index is 0.115. The summed E-state index contributed by atoms with van der Waals surface area (Å²) in [6.07, 6.45) is 0.755. The minimum atomic E-state index is -0.169. The van der Waals surface area contributed by atoms with E-state index in [0.29, 0.717) is 25.4 Å². The second-order valence-corrected chi connectivity index (χ2v) is 7.24. The summed E-state index contributed by atoms with van der Waals surface area (Å²) in [5.74, 6) is -0.299. The van der Waals surface area contributed by atoms with Gasteiger partial charge in [0, 0.05) is 32.0 Å². The summed E-state index contributed by atoms with van der Waals surface area (Å²) in [4.78, 5) is 26.7. The molecule has 8 heteroatoms. The number of nitrogens with zero attached hydrogens (tertiary/aromatic N) is 5. The SMILES string of the molecule is CCOC(=O)[C@@H]1C[C@@H]1CN(Cc1cc(C)n(C)n1)C(=O)c1cc(C)n(C)n1. The standard InChI is InChI=1S/C19H27N5O3/c1-6-27-19(26)16-9-14(16)10-24(11-15-7-12(2)22(4)20-15)18(25)17-8-13(3)23(5)21-17/h7-8,14,16H,6,9-11H2,1-5H3/t14-,16-/m1/s1. The molecule has 2 aromatic heterocycles. The fourth-order valence-electron chi connectivity index (χ4n) is 3.22. The van der Waals surface area contributed by atoms with Crippen molar-refractivity contribution in [2.24, 2.45) is 25.9 Å². The van der Waals surface area contributed by atoms with Gasteiger partial charge in [-0.05, 0) is 45.2 Å². The number of esters is 1. The zero-order chi connectivity index (χ0) is 19.7. The van der Waals surface area contributed by atoms with Crippen LogP contribution in [0.15, 0.2) is 12.1 Å². The molecular formula is C19H27N5O3. The number of aryl methyl sites for hydroxylation is 4. The van der Waals surface area contributed by atoms with Crippen LogP contribution in [-0.2, 0) is 30.2 Å². The Morgan fingerprint density at radius 3 is 2.41 bits per heavy atom. The molecule has 1 aliphatic carbocycles. The van der Waals surface area contributed by atoms with E-state index in [1.54, 1.807) is 27.3 Å². The van der Waals surface area contributed by atoms with Gasteiger partial charge in [0.15, 0.2) is 5.69 Å². The van der Waals surface area contributed by atoms with Crippen LogP contribution in [0.3, 0.4) is 0 Å². The first kappa shape index (κ1) is 19.1. The van der Waals surface area contributed by atoms with Gasteiger partial charge < -0.3 is 9.64 Å². The molecular weight excluding hydrogens is 346 g/mol. The molecule has 146 valence electrons. The maximum atomic E-state index is 13.1. The van der Waals surface area contributed by atoms with E-state index in [1.165, 1.54) is 0 Å². The number of ether oxygens (including phenoxy) is 1. The molecule has 0 radical (unpaired) electrons. The van der Waals surface area contributed by atoms with E-state index < -0.39 is 0 Å². The smallest absolute Gasteiger partial charge is 0.309 e. The first-order valence-corrected chi connectivity index (χ1v) is 9.26. The van der Waals surface area contributed by atoms with Gasteiger partial charge in [-0.25, -0.2) is 0 Å². The average Bonchev–Trinajstić information content (AvgIpc) is 3.20.